The van der Waals surface area contributed by atoms with E-state index in [1.165, 1.54) is 45.3 Å². The van der Waals surface area contributed by atoms with Gasteiger partial charge in [-0.15, -0.1) is 0 Å². The van der Waals surface area contributed by atoms with Crippen LogP contribution in [0.15, 0.2) is 23.1 Å². The molecule has 0 aliphatic heterocycles. The molecule has 6 nitrogen and oxygen atoms in total. The van der Waals surface area contributed by atoms with Gasteiger partial charge in [0, 0.05) is 17.6 Å². The van der Waals surface area contributed by atoms with Crippen LogP contribution in [0, 0.1) is 11.8 Å². The lowest BCUT2D eigenvalue weighted by Gasteiger charge is -2.39. The van der Waals surface area contributed by atoms with Crippen molar-refractivity contribution in [3.8, 4) is 5.75 Å². The van der Waals surface area contributed by atoms with Crippen LogP contribution in [0.25, 0.3) is 0 Å². The number of carbonyl (C=O) groups is 1. The summed E-state index contributed by atoms with van der Waals surface area (Å²) in [6.45, 7) is 0. The second-order valence-electron chi connectivity index (χ2n) is 8.55. The lowest BCUT2D eigenvalue weighted by molar-refractivity contribution is 0.0879. The zero-order valence-corrected chi connectivity index (χ0v) is 17.3. The summed E-state index contributed by atoms with van der Waals surface area (Å²) in [5.74, 6) is 1.60. The van der Waals surface area contributed by atoms with Crippen molar-refractivity contribution in [2.24, 2.45) is 11.8 Å². The molecular weight excluding hydrogens is 376 g/mol. The number of hydrogen-bond acceptors (Lipinski definition) is 4. The highest BCUT2D eigenvalue weighted by Gasteiger charge is 2.33. The summed E-state index contributed by atoms with van der Waals surface area (Å²) in [6, 6.07) is 4.81. The molecule has 3 aliphatic carbocycles. The Labute approximate surface area is 167 Å². The van der Waals surface area contributed by atoms with E-state index in [0.29, 0.717) is 5.56 Å². The molecular formula is C21H30N2O4S. The molecule has 28 heavy (non-hydrogen) atoms. The minimum atomic E-state index is -3.70. The van der Waals surface area contributed by atoms with Crippen molar-refractivity contribution in [2.75, 3.05) is 7.11 Å². The third-order valence-corrected chi connectivity index (χ3v) is 8.03. The first kappa shape index (κ1) is 19.7. The van der Waals surface area contributed by atoms with Crippen LogP contribution in [-0.4, -0.2) is 33.5 Å². The van der Waals surface area contributed by atoms with E-state index in [0.717, 1.165) is 37.5 Å². The van der Waals surface area contributed by atoms with Gasteiger partial charge in [0.15, 0.2) is 0 Å². The molecule has 0 bridgehead atoms. The Morgan fingerprint density at radius 1 is 1.00 bits per heavy atom. The Morgan fingerprint density at radius 2 is 1.71 bits per heavy atom. The zero-order chi connectivity index (χ0) is 19.7. The van der Waals surface area contributed by atoms with Crippen LogP contribution in [0.2, 0.25) is 0 Å². The van der Waals surface area contributed by atoms with Crippen molar-refractivity contribution in [2.45, 2.75) is 74.8 Å². The smallest absolute Gasteiger partial charge is 0.251 e. The van der Waals surface area contributed by atoms with Crippen LogP contribution in [0.1, 0.15) is 68.1 Å². The third-order valence-electron chi connectivity index (χ3n) is 6.49. The SMILES string of the molecule is COc1ccc(C(=O)N[C@@H]2CC[C@@H]3CCCC[C@@H]3C2)cc1S(=O)(=O)NC1CC1. The summed E-state index contributed by atoms with van der Waals surface area (Å²) in [7, 11) is -2.26. The summed E-state index contributed by atoms with van der Waals surface area (Å²) < 4.78 is 33.2. The lowest BCUT2D eigenvalue weighted by atomic mass is 9.69. The minimum Gasteiger partial charge on any atom is -0.495 e. The fourth-order valence-corrected chi connectivity index (χ4v) is 6.29. The van der Waals surface area contributed by atoms with E-state index in [1.807, 2.05) is 0 Å². The van der Waals surface area contributed by atoms with Crippen LogP contribution in [0.3, 0.4) is 0 Å². The van der Waals surface area contributed by atoms with Gasteiger partial charge in [-0.05, 0) is 62.1 Å². The average molecular weight is 407 g/mol. The Balaban J connectivity index is 1.47. The van der Waals surface area contributed by atoms with Gasteiger partial charge in [-0.3, -0.25) is 4.79 Å². The number of nitrogens with one attached hydrogen (secondary N) is 2. The topological polar surface area (TPSA) is 84.5 Å². The Hall–Kier alpha value is -1.60. The van der Waals surface area contributed by atoms with E-state index >= 15 is 0 Å². The average Bonchev–Trinajstić information content (AvgIpc) is 3.50. The molecule has 3 fully saturated rings. The molecule has 0 radical (unpaired) electrons. The highest BCUT2D eigenvalue weighted by molar-refractivity contribution is 7.89. The number of rotatable bonds is 6. The number of hydrogen-bond donors (Lipinski definition) is 2. The van der Waals surface area contributed by atoms with E-state index in [1.54, 1.807) is 12.1 Å². The quantitative estimate of drug-likeness (QED) is 0.760. The fraction of sp³-hybridized carbons (Fsp3) is 0.667. The summed E-state index contributed by atoms with van der Waals surface area (Å²) >= 11 is 0. The largest absolute Gasteiger partial charge is 0.495 e. The highest BCUT2D eigenvalue weighted by atomic mass is 32.2. The van der Waals surface area contributed by atoms with Gasteiger partial charge in [-0.1, -0.05) is 25.7 Å². The van der Waals surface area contributed by atoms with Crippen molar-refractivity contribution in [3.63, 3.8) is 0 Å². The highest BCUT2D eigenvalue weighted by Crippen LogP contribution is 2.40. The van der Waals surface area contributed by atoms with Gasteiger partial charge in [0.05, 0.1) is 7.11 Å². The molecule has 1 aromatic rings. The zero-order valence-electron chi connectivity index (χ0n) is 16.4. The maximum atomic E-state index is 12.8. The number of amides is 1. The van der Waals surface area contributed by atoms with E-state index in [2.05, 4.69) is 10.0 Å². The van der Waals surface area contributed by atoms with Gasteiger partial charge in [-0.25, -0.2) is 13.1 Å². The fourth-order valence-electron chi connectivity index (χ4n) is 4.79. The van der Waals surface area contributed by atoms with Crippen LogP contribution < -0.4 is 14.8 Å². The first-order valence-corrected chi connectivity index (χ1v) is 12.0. The van der Waals surface area contributed by atoms with Crippen molar-refractivity contribution in [3.05, 3.63) is 23.8 Å². The van der Waals surface area contributed by atoms with E-state index in [9.17, 15) is 13.2 Å². The van der Waals surface area contributed by atoms with Crippen LogP contribution >= 0.6 is 0 Å². The van der Waals surface area contributed by atoms with E-state index in [-0.39, 0.29) is 28.6 Å². The Kier molecular flexibility index (Phi) is 5.65. The van der Waals surface area contributed by atoms with Crippen LogP contribution in [-0.2, 0) is 10.0 Å². The van der Waals surface area contributed by atoms with Gasteiger partial charge >= 0.3 is 0 Å². The number of carbonyl (C=O) groups excluding carboxylic acids is 1. The molecule has 0 unspecified atom stereocenters. The van der Waals surface area contributed by atoms with Gasteiger partial charge < -0.3 is 10.1 Å². The Bertz CT molecular complexity index is 835. The predicted octanol–water partition coefficient (Wildman–Crippen LogP) is 3.22. The van der Waals surface area contributed by atoms with Crippen molar-refractivity contribution in [1.82, 2.24) is 10.0 Å². The van der Waals surface area contributed by atoms with Gasteiger partial charge in [0.1, 0.15) is 10.6 Å². The maximum Gasteiger partial charge on any atom is 0.251 e. The molecule has 0 spiro atoms. The molecule has 0 saturated heterocycles. The molecule has 1 amide bonds. The van der Waals surface area contributed by atoms with Crippen LogP contribution in [0.4, 0.5) is 0 Å². The second-order valence-corrected chi connectivity index (χ2v) is 10.2. The molecule has 4 rings (SSSR count). The van der Waals surface area contributed by atoms with Gasteiger partial charge in [0.25, 0.3) is 5.91 Å². The van der Waals surface area contributed by atoms with Crippen LogP contribution in [0.5, 0.6) is 5.75 Å². The number of fused-ring (bicyclic) bond motifs is 1. The summed E-state index contributed by atoms with van der Waals surface area (Å²) in [6.07, 6.45) is 10.2. The van der Waals surface area contributed by atoms with Gasteiger partial charge in [0.2, 0.25) is 10.0 Å². The minimum absolute atomic E-state index is 0.00198. The summed E-state index contributed by atoms with van der Waals surface area (Å²) in [4.78, 5) is 12.9. The van der Waals surface area contributed by atoms with Crippen molar-refractivity contribution in [1.29, 1.82) is 0 Å². The number of ether oxygens (including phenoxy) is 1. The molecule has 3 saturated carbocycles. The molecule has 0 heterocycles. The predicted molar refractivity (Wildman–Crippen MR) is 107 cm³/mol. The van der Waals surface area contributed by atoms with E-state index < -0.39 is 10.0 Å². The Morgan fingerprint density at radius 3 is 2.43 bits per heavy atom. The molecule has 2 N–H and O–H groups in total. The lowest BCUT2D eigenvalue weighted by Crippen LogP contribution is -2.41. The molecule has 7 heteroatoms. The number of sulfonamides is 1. The normalized spacial score (nSPS) is 27.7. The third kappa shape index (κ3) is 4.35. The van der Waals surface area contributed by atoms with Gasteiger partial charge in [-0.2, -0.15) is 0 Å². The first-order valence-electron chi connectivity index (χ1n) is 10.5. The maximum absolute atomic E-state index is 12.8. The molecule has 154 valence electrons. The summed E-state index contributed by atoms with van der Waals surface area (Å²) in [5, 5.41) is 3.14. The van der Waals surface area contributed by atoms with Crippen molar-refractivity contribution >= 4 is 15.9 Å². The number of methoxy groups -OCH3 is 1. The summed E-state index contributed by atoms with van der Waals surface area (Å²) in [5.41, 5.74) is 0.364. The standard InChI is InChI=1S/C21H30N2O4S/c1-27-19-11-7-16(13-20(19)28(25,26)23-17-9-10-17)21(24)22-18-8-6-14-4-2-3-5-15(14)12-18/h7,11,13-15,17-18,23H,2-6,8-10,12H2,1H3,(H,22,24)/t14-,15+,18+/m0/s1. The first-order chi connectivity index (χ1) is 13.5. The monoisotopic (exact) mass is 406 g/mol. The second kappa shape index (κ2) is 8.03. The molecule has 0 aromatic heterocycles. The number of benzene rings is 1. The molecule has 3 atom stereocenters. The van der Waals surface area contributed by atoms with E-state index in [4.69, 9.17) is 4.74 Å². The van der Waals surface area contributed by atoms with Crippen molar-refractivity contribution < 1.29 is 17.9 Å². The molecule has 1 aromatic carbocycles. The molecule has 3 aliphatic rings.